The van der Waals surface area contributed by atoms with Gasteiger partial charge in [-0.3, -0.25) is 19.1 Å². The predicted octanol–water partition coefficient (Wildman–Crippen LogP) is 3.67. The molecule has 138 valence electrons. The molecule has 8 heteroatoms. The van der Waals surface area contributed by atoms with Gasteiger partial charge in [0.2, 0.25) is 0 Å². The van der Waals surface area contributed by atoms with Crippen LogP contribution in [0.4, 0.5) is 10.7 Å². The van der Waals surface area contributed by atoms with Crippen LogP contribution >= 0.6 is 11.3 Å². The Labute approximate surface area is 160 Å². The number of rotatable bonds is 6. The summed E-state index contributed by atoms with van der Waals surface area (Å²) in [6.07, 6.45) is 1.72. The van der Waals surface area contributed by atoms with Crippen LogP contribution in [-0.4, -0.2) is 27.4 Å². The standard InChI is InChI=1S/C19H18N4O3S/c1-3-23-9-7-16(22-23)18(26)21-19-15(8-10-27-19)17(25)20-14-6-4-5-13(11-14)12(2)24/h4-11H,3H2,1-2H3,(H,20,25)(H,21,26). The van der Waals surface area contributed by atoms with Gasteiger partial charge in [0.1, 0.15) is 5.00 Å². The molecule has 0 aliphatic rings. The van der Waals surface area contributed by atoms with E-state index in [-0.39, 0.29) is 23.3 Å². The van der Waals surface area contributed by atoms with E-state index < -0.39 is 0 Å². The fraction of sp³-hybridized carbons (Fsp3) is 0.158. The number of thiophene rings is 1. The second-order valence-electron chi connectivity index (χ2n) is 5.77. The first-order chi connectivity index (χ1) is 13.0. The highest BCUT2D eigenvalue weighted by molar-refractivity contribution is 7.14. The number of nitrogens with zero attached hydrogens (tertiary/aromatic N) is 2. The molecule has 2 N–H and O–H groups in total. The van der Waals surface area contributed by atoms with E-state index in [0.29, 0.717) is 28.4 Å². The van der Waals surface area contributed by atoms with Gasteiger partial charge in [0.25, 0.3) is 11.8 Å². The summed E-state index contributed by atoms with van der Waals surface area (Å²) in [5, 5.41) is 11.8. The quantitative estimate of drug-likeness (QED) is 0.636. The van der Waals surface area contributed by atoms with Gasteiger partial charge in [-0.1, -0.05) is 12.1 Å². The second kappa shape index (κ2) is 7.96. The molecule has 0 atom stereocenters. The fourth-order valence-electron chi connectivity index (χ4n) is 2.43. The van der Waals surface area contributed by atoms with Crippen molar-refractivity contribution in [3.8, 4) is 0 Å². The van der Waals surface area contributed by atoms with Crippen molar-refractivity contribution in [1.82, 2.24) is 9.78 Å². The highest BCUT2D eigenvalue weighted by atomic mass is 32.1. The van der Waals surface area contributed by atoms with Crippen molar-refractivity contribution in [3.05, 3.63) is 64.8 Å². The third-order valence-corrected chi connectivity index (χ3v) is 4.69. The first-order valence-corrected chi connectivity index (χ1v) is 9.20. The smallest absolute Gasteiger partial charge is 0.276 e. The fourth-order valence-corrected chi connectivity index (χ4v) is 3.20. The second-order valence-corrected chi connectivity index (χ2v) is 6.68. The van der Waals surface area contributed by atoms with E-state index >= 15 is 0 Å². The van der Waals surface area contributed by atoms with Gasteiger partial charge in [-0.25, -0.2) is 0 Å². The number of benzene rings is 1. The molecule has 7 nitrogen and oxygen atoms in total. The lowest BCUT2D eigenvalue weighted by atomic mass is 10.1. The number of aromatic nitrogens is 2. The Morgan fingerprint density at radius 2 is 1.93 bits per heavy atom. The van der Waals surface area contributed by atoms with Crippen molar-refractivity contribution >= 4 is 39.6 Å². The summed E-state index contributed by atoms with van der Waals surface area (Å²) in [5.41, 5.74) is 1.65. The van der Waals surface area contributed by atoms with Crippen LogP contribution < -0.4 is 10.6 Å². The Balaban J connectivity index is 1.74. The Morgan fingerprint density at radius 1 is 1.11 bits per heavy atom. The number of ketones is 1. The Bertz CT molecular complexity index is 1010. The van der Waals surface area contributed by atoms with E-state index in [1.165, 1.54) is 18.3 Å². The van der Waals surface area contributed by atoms with Gasteiger partial charge < -0.3 is 10.6 Å². The number of nitrogens with one attached hydrogen (secondary N) is 2. The highest BCUT2D eigenvalue weighted by Crippen LogP contribution is 2.25. The number of Topliss-reactive ketones (excluding diaryl/α,β-unsaturated/α-hetero) is 1. The van der Waals surface area contributed by atoms with E-state index in [9.17, 15) is 14.4 Å². The van der Waals surface area contributed by atoms with E-state index in [1.807, 2.05) is 6.92 Å². The van der Waals surface area contributed by atoms with Crippen molar-refractivity contribution < 1.29 is 14.4 Å². The lowest BCUT2D eigenvalue weighted by molar-refractivity contribution is 0.100. The maximum atomic E-state index is 12.6. The molecule has 2 amide bonds. The largest absolute Gasteiger partial charge is 0.322 e. The number of hydrogen-bond donors (Lipinski definition) is 2. The number of amides is 2. The molecule has 0 unspecified atom stereocenters. The van der Waals surface area contributed by atoms with Gasteiger partial charge >= 0.3 is 0 Å². The van der Waals surface area contributed by atoms with Crippen molar-refractivity contribution in [2.75, 3.05) is 10.6 Å². The molecule has 0 saturated heterocycles. The zero-order valence-electron chi connectivity index (χ0n) is 14.9. The van der Waals surface area contributed by atoms with Crippen LogP contribution in [0.25, 0.3) is 0 Å². The lowest BCUT2D eigenvalue weighted by Crippen LogP contribution is -2.17. The maximum absolute atomic E-state index is 12.6. The Morgan fingerprint density at radius 3 is 2.63 bits per heavy atom. The van der Waals surface area contributed by atoms with Crippen LogP contribution in [-0.2, 0) is 6.54 Å². The van der Waals surface area contributed by atoms with Gasteiger partial charge in [-0.15, -0.1) is 11.3 Å². The molecule has 3 rings (SSSR count). The average Bonchev–Trinajstić information content (AvgIpc) is 3.31. The third-order valence-electron chi connectivity index (χ3n) is 3.86. The zero-order valence-corrected chi connectivity index (χ0v) is 15.7. The average molecular weight is 382 g/mol. The third kappa shape index (κ3) is 4.29. The Kier molecular flexibility index (Phi) is 5.46. The molecule has 3 aromatic rings. The summed E-state index contributed by atoms with van der Waals surface area (Å²) >= 11 is 1.25. The van der Waals surface area contributed by atoms with Crippen molar-refractivity contribution in [2.45, 2.75) is 20.4 Å². The normalized spacial score (nSPS) is 10.4. The van der Waals surface area contributed by atoms with E-state index in [4.69, 9.17) is 0 Å². The van der Waals surface area contributed by atoms with E-state index in [1.54, 1.807) is 52.7 Å². The summed E-state index contributed by atoms with van der Waals surface area (Å²) in [6.45, 7) is 4.06. The van der Waals surface area contributed by atoms with Gasteiger partial charge in [0, 0.05) is 24.0 Å². The SMILES string of the molecule is CCn1ccc(C(=O)Nc2sccc2C(=O)Nc2cccc(C(C)=O)c2)n1. The minimum absolute atomic E-state index is 0.0823. The topological polar surface area (TPSA) is 93.1 Å². The number of anilines is 2. The molecule has 0 aliphatic heterocycles. The molecular formula is C19H18N4O3S. The lowest BCUT2D eigenvalue weighted by Gasteiger charge is -2.08. The molecule has 2 heterocycles. The monoisotopic (exact) mass is 382 g/mol. The molecule has 0 saturated carbocycles. The van der Waals surface area contributed by atoms with Crippen LogP contribution in [0.1, 0.15) is 45.1 Å². The molecular weight excluding hydrogens is 364 g/mol. The molecule has 2 aromatic heterocycles. The summed E-state index contributed by atoms with van der Waals surface area (Å²) in [7, 11) is 0. The van der Waals surface area contributed by atoms with Crippen LogP contribution in [0.3, 0.4) is 0 Å². The Hall–Kier alpha value is -3.26. The summed E-state index contributed by atoms with van der Waals surface area (Å²) < 4.78 is 1.65. The molecule has 0 spiro atoms. The minimum atomic E-state index is -0.378. The molecule has 0 radical (unpaired) electrons. The molecule has 0 fully saturated rings. The maximum Gasteiger partial charge on any atom is 0.276 e. The predicted molar refractivity (Wildman–Crippen MR) is 105 cm³/mol. The van der Waals surface area contributed by atoms with E-state index in [0.717, 1.165) is 0 Å². The zero-order chi connectivity index (χ0) is 19.4. The molecule has 27 heavy (non-hydrogen) atoms. The highest BCUT2D eigenvalue weighted by Gasteiger charge is 2.17. The van der Waals surface area contributed by atoms with Gasteiger partial charge in [0.15, 0.2) is 11.5 Å². The summed E-state index contributed by atoms with van der Waals surface area (Å²) in [6, 6.07) is 9.96. The van der Waals surface area contributed by atoms with Gasteiger partial charge in [-0.2, -0.15) is 5.10 Å². The summed E-state index contributed by atoms with van der Waals surface area (Å²) in [4.78, 5) is 36.4. The van der Waals surface area contributed by atoms with E-state index in [2.05, 4.69) is 15.7 Å². The summed E-state index contributed by atoms with van der Waals surface area (Å²) in [5.74, 6) is -0.829. The van der Waals surface area contributed by atoms with Crippen molar-refractivity contribution in [3.63, 3.8) is 0 Å². The molecule has 0 aliphatic carbocycles. The van der Waals surface area contributed by atoms with Crippen LogP contribution in [0.2, 0.25) is 0 Å². The van der Waals surface area contributed by atoms with Crippen LogP contribution in [0.5, 0.6) is 0 Å². The van der Waals surface area contributed by atoms with Crippen LogP contribution in [0, 0.1) is 0 Å². The van der Waals surface area contributed by atoms with Gasteiger partial charge in [-0.05, 0) is 43.5 Å². The van der Waals surface area contributed by atoms with Crippen LogP contribution in [0.15, 0.2) is 48.0 Å². The van der Waals surface area contributed by atoms with Crippen molar-refractivity contribution in [1.29, 1.82) is 0 Å². The van der Waals surface area contributed by atoms with Gasteiger partial charge in [0.05, 0.1) is 5.56 Å². The molecule has 1 aromatic carbocycles. The minimum Gasteiger partial charge on any atom is -0.322 e. The number of carbonyl (C=O) groups excluding carboxylic acids is 3. The number of carbonyl (C=O) groups is 3. The number of aryl methyl sites for hydroxylation is 1. The first-order valence-electron chi connectivity index (χ1n) is 8.32. The molecule has 0 bridgehead atoms. The van der Waals surface area contributed by atoms with Crippen molar-refractivity contribution in [2.24, 2.45) is 0 Å². The first kappa shape index (κ1) is 18.5. The number of hydrogen-bond acceptors (Lipinski definition) is 5.